The number of benzene rings is 1. The van der Waals surface area contributed by atoms with E-state index in [9.17, 15) is 13.9 Å². The monoisotopic (exact) mass is 229 g/mol. The van der Waals surface area contributed by atoms with E-state index in [1.54, 1.807) is 0 Å². The Morgan fingerprint density at radius 3 is 2.56 bits per heavy atom. The summed E-state index contributed by atoms with van der Waals surface area (Å²) in [5.41, 5.74) is 4.03. The Balaban J connectivity index is 3.20. The van der Waals surface area contributed by atoms with Gasteiger partial charge in [-0.3, -0.25) is 0 Å². The van der Waals surface area contributed by atoms with Crippen LogP contribution in [-0.2, 0) is 5.60 Å². The number of hydrogen-bond acceptors (Lipinski definition) is 2. The Morgan fingerprint density at radius 2 is 2.06 bits per heavy atom. The molecule has 0 amide bonds. The molecule has 0 bridgehead atoms. The molecular weight excluding hydrogens is 212 g/mol. The molecule has 2 atom stereocenters. The van der Waals surface area contributed by atoms with Gasteiger partial charge in [0.25, 0.3) is 0 Å². The van der Waals surface area contributed by atoms with Crippen molar-refractivity contribution in [3.05, 3.63) is 35.4 Å². The van der Waals surface area contributed by atoms with Gasteiger partial charge in [-0.1, -0.05) is 19.1 Å². The van der Waals surface area contributed by atoms with Gasteiger partial charge in [0.15, 0.2) is 11.6 Å². The van der Waals surface area contributed by atoms with Crippen LogP contribution < -0.4 is 5.73 Å². The fourth-order valence-electron chi connectivity index (χ4n) is 1.91. The fraction of sp³-hybridized carbons (Fsp3) is 0.500. The second-order valence-corrected chi connectivity index (χ2v) is 4.09. The minimum absolute atomic E-state index is 0.0372. The van der Waals surface area contributed by atoms with Crippen LogP contribution in [0.2, 0.25) is 0 Å². The third kappa shape index (κ3) is 2.23. The van der Waals surface area contributed by atoms with Crippen LogP contribution in [0.25, 0.3) is 0 Å². The topological polar surface area (TPSA) is 46.2 Å². The van der Waals surface area contributed by atoms with E-state index in [1.165, 1.54) is 19.1 Å². The summed E-state index contributed by atoms with van der Waals surface area (Å²) in [5, 5.41) is 10.3. The van der Waals surface area contributed by atoms with E-state index in [2.05, 4.69) is 0 Å². The van der Waals surface area contributed by atoms with Crippen molar-refractivity contribution >= 4 is 0 Å². The van der Waals surface area contributed by atoms with Crippen LogP contribution in [0, 0.1) is 17.6 Å². The van der Waals surface area contributed by atoms with Gasteiger partial charge >= 0.3 is 0 Å². The van der Waals surface area contributed by atoms with Crippen molar-refractivity contribution in [3.8, 4) is 0 Å². The molecule has 0 radical (unpaired) electrons. The van der Waals surface area contributed by atoms with E-state index in [4.69, 9.17) is 5.73 Å². The fourth-order valence-corrected chi connectivity index (χ4v) is 1.91. The third-order valence-corrected chi connectivity index (χ3v) is 3.07. The summed E-state index contributed by atoms with van der Waals surface area (Å²) in [4.78, 5) is 0. The van der Waals surface area contributed by atoms with Crippen molar-refractivity contribution in [3.63, 3.8) is 0 Å². The Kier molecular flexibility index (Phi) is 3.99. The molecule has 0 spiro atoms. The molecule has 0 saturated carbocycles. The van der Waals surface area contributed by atoms with Crippen molar-refractivity contribution in [2.75, 3.05) is 6.54 Å². The Morgan fingerprint density at radius 1 is 1.44 bits per heavy atom. The summed E-state index contributed by atoms with van der Waals surface area (Å²) < 4.78 is 26.6. The maximum atomic E-state index is 13.6. The van der Waals surface area contributed by atoms with Gasteiger partial charge in [-0.2, -0.15) is 0 Å². The largest absolute Gasteiger partial charge is 0.385 e. The average molecular weight is 229 g/mol. The first kappa shape index (κ1) is 13.1. The molecule has 0 aliphatic rings. The van der Waals surface area contributed by atoms with Gasteiger partial charge in [0.1, 0.15) is 0 Å². The molecule has 0 saturated heterocycles. The highest BCUT2D eigenvalue weighted by Crippen LogP contribution is 2.33. The van der Waals surface area contributed by atoms with Gasteiger partial charge < -0.3 is 10.8 Å². The van der Waals surface area contributed by atoms with Crippen molar-refractivity contribution in [2.24, 2.45) is 11.7 Å². The molecule has 16 heavy (non-hydrogen) atoms. The minimum atomic E-state index is -1.45. The van der Waals surface area contributed by atoms with Gasteiger partial charge in [0, 0.05) is 11.5 Å². The highest BCUT2D eigenvalue weighted by molar-refractivity contribution is 5.25. The summed E-state index contributed by atoms with van der Waals surface area (Å²) in [7, 11) is 0. The molecule has 1 aromatic carbocycles. The number of nitrogens with two attached hydrogens (primary N) is 1. The average Bonchev–Trinajstić information content (AvgIpc) is 2.23. The van der Waals surface area contributed by atoms with Gasteiger partial charge in [0.05, 0.1) is 5.60 Å². The van der Waals surface area contributed by atoms with Crippen molar-refractivity contribution in [1.82, 2.24) is 0 Å². The number of hydrogen-bond donors (Lipinski definition) is 2. The lowest BCUT2D eigenvalue weighted by atomic mass is 9.81. The molecule has 2 unspecified atom stereocenters. The highest BCUT2D eigenvalue weighted by Gasteiger charge is 2.34. The molecule has 1 rings (SSSR count). The maximum Gasteiger partial charge on any atom is 0.164 e. The number of rotatable bonds is 4. The highest BCUT2D eigenvalue weighted by atomic mass is 19.2. The Labute approximate surface area is 94.1 Å². The first-order valence-electron chi connectivity index (χ1n) is 5.32. The van der Waals surface area contributed by atoms with Crippen LogP contribution in [0.4, 0.5) is 8.78 Å². The van der Waals surface area contributed by atoms with Crippen LogP contribution in [0.1, 0.15) is 25.8 Å². The normalized spacial score (nSPS) is 16.9. The van der Waals surface area contributed by atoms with E-state index >= 15 is 0 Å². The summed E-state index contributed by atoms with van der Waals surface area (Å²) >= 11 is 0. The van der Waals surface area contributed by atoms with Gasteiger partial charge in [-0.05, 0) is 26.0 Å². The van der Waals surface area contributed by atoms with Gasteiger partial charge in [0.2, 0.25) is 0 Å². The zero-order chi connectivity index (χ0) is 12.3. The minimum Gasteiger partial charge on any atom is -0.385 e. The van der Waals surface area contributed by atoms with Gasteiger partial charge in [-0.25, -0.2) is 8.78 Å². The first-order chi connectivity index (χ1) is 7.45. The Bertz CT molecular complexity index is 362. The van der Waals surface area contributed by atoms with Crippen molar-refractivity contribution in [1.29, 1.82) is 0 Å². The van der Waals surface area contributed by atoms with Gasteiger partial charge in [-0.15, -0.1) is 0 Å². The van der Waals surface area contributed by atoms with E-state index in [-0.39, 0.29) is 18.0 Å². The standard InChI is InChI=1S/C12H17F2NO/c1-3-8(7-15)12(2,16)9-5-4-6-10(13)11(9)14/h4-6,8,16H,3,7,15H2,1-2H3. The predicted molar refractivity (Wildman–Crippen MR) is 58.8 cm³/mol. The van der Waals surface area contributed by atoms with Crippen LogP contribution in [0.5, 0.6) is 0 Å². The molecule has 0 fully saturated rings. The van der Waals surface area contributed by atoms with Crippen molar-refractivity contribution in [2.45, 2.75) is 25.9 Å². The predicted octanol–water partition coefficient (Wildman–Crippen LogP) is 2.16. The number of aliphatic hydroxyl groups is 1. The smallest absolute Gasteiger partial charge is 0.164 e. The molecule has 0 heterocycles. The first-order valence-corrected chi connectivity index (χ1v) is 5.32. The summed E-state index contributed by atoms with van der Waals surface area (Å²) in [6.45, 7) is 3.54. The summed E-state index contributed by atoms with van der Waals surface area (Å²) in [6, 6.07) is 3.79. The lowest BCUT2D eigenvalue weighted by Gasteiger charge is -2.32. The zero-order valence-electron chi connectivity index (χ0n) is 9.50. The Hall–Kier alpha value is -1.00. The molecule has 2 nitrogen and oxygen atoms in total. The second kappa shape index (κ2) is 4.89. The lowest BCUT2D eigenvalue weighted by molar-refractivity contribution is -0.00765. The molecule has 0 aliphatic heterocycles. The molecule has 3 N–H and O–H groups in total. The second-order valence-electron chi connectivity index (χ2n) is 4.09. The van der Waals surface area contributed by atoms with E-state index in [0.29, 0.717) is 6.42 Å². The van der Waals surface area contributed by atoms with E-state index < -0.39 is 17.2 Å². The zero-order valence-corrected chi connectivity index (χ0v) is 9.50. The molecule has 4 heteroatoms. The summed E-state index contributed by atoms with van der Waals surface area (Å²) in [6.07, 6.45) is 0.597. The van der Waals surface area contributed by atoms with Crippen LogP contribution in [-0.4, -0.2) is 11.7 Å². The maximum absolute atomic E-state index is 13.6. The third-order valence-electron chi connectivity index (χ3n) is 3.07. The molecular formula is C12H17F2NO. The summed E-state index contributed by atoms with van der Waals surface area (Å²) in [5.74, 6) is -2.26. The van der Waals surface area contributed by atoms with E-state index in [0.717, 1.165) is 6.07 Å². The van der Waals surface area contributed by atoms with Crippen LogP contribution in [0.15, 0.2) is 18.2 Å². The quantitative estimate of drug-likeness (QED) is 0.831. The number of halogens is 2. The molecule has 0 aliphatic carbocycles. The van der Waals surface area contributed by atoms with E-state index in [1.807, 2.05) is 6.92 Å². The van der Waals surface area contributed by atoms with Crippen LogP contribution in [0.3, 0.4) is 0 Å². The lowest BCUT2D eigenvalue weighted by Crippen LogP contribution is -2.37. The SMILES string of the molecule is CCC(CN)C(C)(O)c1cccc(F)c1F. The van der Waals surface area contributed by atoms with Crippen LogP contribution >= 0.6 is 0 Å². The molecule has 0 aromatic heterocycles. The molecule has 1 aromatic rings. The molecule has 90 valence electrons. The van der Waals surface area contributed by atoms with Crippen molar-refractivity contribution < 1.29 is 13.9 Å².